The minimum absolute atomic E-state index is 0.151. The van der Waals surface area contributed by atoms with Crippen LogP contribution in [0.5, 0.6) is 23.0 Å². The summed E-state index contributed by atoms with van der Waals surface area (Å²) in [6.45, 7) is 1.86. The molecule has 262 valence electrons. The molecule has 0 saturated heterocycles. The monoisotopic (exact) mass is 669 g/mol. The maximum Gasteiger partial charge on any atom is 0.255 e. The summed E-state index contributed by atoms with van der Waals surface area (Å²) in [5, 5.41) is 18.8. The predicted octanol–water partition coefficient (Wildman–Crippen LogP) is 1.19. The van der Waals surface area contributed by atoms with Crippen molar-refractivity contribution >= 4 is 30.3 Å². The summed E-state index contributed by atoms with van der Waals surface area (Å²) in [6.07, 6.45) is 4.03. The summed E-state index contributed by atoms with van der Waals surface area (Å²) >= 11 is 0. The van der Waals surface area contributed by atoms with E-state index < -0.39 is 11.8 Å². The number of nitrogens with zero attached hydrogens (tertiary/aromatic N) is 1. The highest BCUT2D eigenvalue weighted by Crippen LogP contribution is 2.31. The number of amides is 3. The summed E-state index contributed by atoms with van der Waals surface area (Å²) < 4.78 is 22.2. The largest absolute Gasteiger partial charge is 0.496 e. The molecule has 2 aromatic carbocycles. The number of nitrogens with two attached hydrogens (primary N) is 1. The van der Waals surface area contributed by atoms with Gasteiger partial charge in [-0.15, -0.1) is 0 Å². The molecular formula is C33H47N7O8. The molecule has 1 saturated carbocycles. The van der Waals surface area contributed by atoms with Crippen molar-refractivity contribution in [3.63, 3.8) is 0 Å². The van der Waals surface area contributed by atoms with Crippen LogP contribution in [0.3, 0.4) is 0 Å². The van der Waals surface area contributed by atoms with Crippen LogP contribution in [-0.2, 0) is 0 Å². The van der Waals surface area contributed by atoms with Crippen molar-refractivity contribution in [2.75, 3.05) is 67.7 Å². The zero-order valence-corrected chi connectivity index (χ0v) is 28.0. The minimum atomic E-state index is -0.422. The molecule has 1 fully saturated rings. The van der Waals surface area contributed by atoms with Crippen LogP contribution < -0.4 is 45.9 Å². The highest BCUT2D eigenvalue weighted by atomic mass is 16.5. The maximum absolute atomic E-state index is 13.7. The van der Waals surface area contributed by atoms with Crippen molar-refractivity contribution in [2.45, 2.75) is 37.8 Å². The van der Waals surface area contributed by atoms with Gasteiger partial charge in [0, 0.05) is 50.4 Å². The maximum atomic E-state index is 13.7. The standard InChI is InChI=1S/C33H47N7O8/c1-40(2)12-10-37-31(42)25-16-26(30(48-14-11-36-20-35)18-29(25)47-13-9-34)33(44)39-23-7-5-22(6-8-23)38-32(43)24-15-21(19-41)27(45-3)17-28(24)46-4/h15-20,22-23H,5-14,34H2,1-4H3,(H2,35,36)(H,37,42)(H,38,43)(H,39,44)/t22-,23+. The smallest absolute Gasteiger partial charge is 0.255 e. The van der Waals surface area contributed by atoms with E-state index in [1.807, 2.05) is 19.0 Å². The number of methoxy groups -OCH3 is 2. The third-order valence-electron chi connectivity index (χ3n) is 7.72. The average Bonchev–Trinajstić information content (AvgIpc) is 3.08. The van der Waals surface area contributed by atoms with Crippen LogP contribution in [0.25, 0.3) is 0 Å². The Bertz CT molecular complexity index is 1430. The number of hydrogen-bond donors (Lipinski definition) is 6. The molecule has 2 aromatic rings. The van der Waals surface area contributed by atoms with Gasteiger partial charge in [-0.1, -0.05) is 0 Å². The van der Waals surface area contributed by atoms with Crippen molar-refractivity contribution in [1.29, 1.82) is 5.41 Å². The molecule has 0 heterocycles. The Morgan fingerprint density at radius 3 is 1.88 bits per heavy atom. The van der Waals surface area contributed by atoms with Crippen molar-refractivity contribution in [1.82, 2.24) is 26.2 Å². The van der Waals surface area contributed by atoms with E-state index in [1.165, 1.54) is 38.5 Å². The predicted molar refractivity (Wildman–Crippen MR) is 180 cm³/mol. The Balaban J connectivity index is 1.74. The second-order valence-corrected chi connectivity index (χ2v) is 11.4. The van der Waals surface area contributed by atoms with Gasteiger partial charge in [0.1, 0.15) is 36.2 Å². The summed E-state index contributed by atoms with van der Waals surface area (Å²) in [5.41, 5.74) is 6.44. The molecule has 3 amide bonds. The first-order chi connectivity index (χ1) is 23.1. The number of nitrogens with one attached hydrogen (secondary N) is 5. The SMILES string of the molecule is COc1cc(OC)c(C(=O)N[C@H]2CC[C@@H](NC(=O)c3cc(C(=O)NCCN(C)C)c(OCCN)cc3OCCNC=N)CC2)cc1C=O. The lowest BCUT2D eigenvalue weighted by molar-refractivity contribution is 0.0887. The molecule has 0 aromatic heterocycles. The molecule has 0 aliphatic heterocycles. The topological polar surface area (TPSA) is 206 Å². The van der Waals surface area contributed by atoms with Crippen molar-refractivity contribution in [2.24, 2.45) is 5.73 Å². The van der Waals surface area contributed by atoms with E-state index in [9.17, 15) is 19.2 Å². The summed E-state index contributed by atoms with van der Waals surface area (Å²) in [5.74, 6) is -0.152. The van der Waals surface area contributed by atoms with Gasteiger partial charge < -0.3 is 50.8 Å². The number of carbonyl (C=O) groups is 4. The zero-order chi connectivity index (χ0) is 35.1. The van der Waals surface area contributed by atoms with Crippen LogP contribution in [0.15, 0.2) is 24.3 Å². The molecule has 48 heavy (non-hydrogen) atoms. The molecule has 0 radical (unpaired) electrons. The van der Waals surface area contributed by atoms with Gasteiger partial charge in [0.2, 0.25) is 0 Å². The van der Waals surface area contributed by atoms with Crippen molar-refractivity contribution in [3.05, 3.63) is 46.5 Å². The number of hydrogen-bond acceptors (Lipinski definition) is 11. The fraction of sp³-hybridized carbons (Fsp3) is 0.485. The van der Waals surface area contributed by atoms with Crippen LogP contribution in [0.1, 0.15) is 67.1 Å². The fourth-order valence-corrected chi connectivity index (χ4v) is 5.21. The minimum Gasteiger partial charge on any atom is -0.496 e. The lowest BCUT2D eigenvalue weighted by Crippen LogP contribution is -2.44. The van der Waals surface area contributed by atoms with E-state index in [-0.39, 0.29) is 77.3 Å². The van der Waals surface area contributed by atoms with E-state index in [2.05, 4.69) is 21.3 Å². The van der Waals surface area contributed by atoms with E-state index in [1.54, 1.807) is 0 Å². The third-order valence-corrected chi connectivity index (χ3v) is 7.72. The molecule has 0 unspecified atom stereocenters. The highest BCUT2D eigenvalue weighted by molar-refractivity contribution is 6.03. The van der Waals surface area contributed by atoms with E-state index >= 15 is 0 Å². The molecule has 1 aliphatic carbocycles. The van der Waals surface area contributed by atoms with Crippen LogP contribution in [0.4, 0.5) is 0 Å². The molecular weight excluding hydrogens is 622 g/mol. The molecule has 0 bridgehead atoms. The summed E-state index contributed by atoms with van der Waals surface area (Å²) in [4.78, 5) is 53.5. The Hall–Kier alpha value is -4.89. The molecule has 3 rings (SSSR count). The second kappa shape index (κ2) is 19.1. The van der Waals surface area contributed by atoms with Crippen LogP contribution >= 0.6 is 0 Å². The van der Waals surface area contributed by atoms with Gasteiger partial charge in [0.05, 0.1) is 42.8 Å². The first kappa shape index (κ1) is 37.6. The molecule has 0 spiro atoms. The summed E-state index contributed by atoms with van der Waals surface area (Å²) in [6, 6.07) is 5.58. The quantitative estimate of drug-likeness (QED) is 0.0542. The Morgan fingerprint density at radius 1 is 0.812 bits per heavy atom. The second-order valence-electron chi connectivity index (χ2n) is 11.4. The van der Waals surface area contributed by atoms with E-state index in [0.29, 0.717) is 57.4 Å². The van der Waals surface area contributed by atoms with Gasteiger partial charge in [0.15, 0.2) is 6.29 Å². The number of likely N-dealkylation sites (N-methyl/N-ethyl adjacent to an activating group) is 1. The number of rotatable bonds is 19. The van der Waals surface area contributed by atoms with Crippen molar-refractivity contribution < 1.29 is 38.1 Å². The molecule has 15 nitrogen and oxygen atoms in total. The normalized spacial score (nSPS) is 15.5. The van der Waals surface area contributed by atoms with E-state index in [0.717, 1.165) is 6.34 Å². The van der Waals surface area contributed by atoms with Gasteiger partial charge in [-0.25, -0.2) is 0 Å². The molecule has 1 aliphatic rings. The van der Waals surface area contributed by atoms with E-state index in [4.69, 9.17) is 30.1 Å². The number of ether oxygens (including phenoxy) is 4. The molecule has 7 N–H and O–H groups in total. The lowest BCUT2D eigenvalue weighted by Gasteiger charge is -2.30. The molecule has 15 heteroatoms. The van der Waals surface area contributed by atoms with Gasteiger partial charge in [-0.05, 0) is 51.9 Å². The number of aldehydes is 1. The number of carbonyl (C=O) groups excluding carboxylic acids is 4. The van der Waals surface area contributed by atoms with Crippen molar-refractivity contribution in [3.8, 4) is 23.0 Å². The van der Waals surface area contributed by atoms with Gasteiger partial charge in [-0.2, -0.15) is 0 Å². The fourth-order valence-electron chi connectivity index (χ4n) is 5.21. The molecule has 0 atom stereocenters. The lowest BCUT2D eigenvalue weighted by atomic mass is 9.90. The van der Waals surface area contributed by atoms with Gasteiger partial charge >= 0.3 is 0 Å². The van der Waals surface area contributed by atoms with Crippen LogP contribution in [-0.4, -0.2) is 115 Å². The first-order valence-electron chi connectivity index (χ1n) is 15.8. The highest BCUT2D eigenvalue weighted by Gasteiger charge is 2.28. The van der Waals surface area contributed by atoms with Gasteiger partial charge in [0.25, 0.3) is 17.7 Å². The summed E-state index contributed by atoms with van der Waals surface area (Å²) in [7, 11) is 6.66. The zero-order valence-electron chi connectivity index (χ0n) is 28.0. The Labute approximate surface area is 280 Å². The van der Waals surface area contributed by atoms with Gasteiger partial charge in [-0.3, -0.25) is 24.6 Å². The average molecular weight is 670 g/mol. The van der Waals surface area contributed by atoms with Crippen LogP contribution in [0.2, 0.25) is 0 Å². The number of benzene rings is 2. The Morgan fingerprint density at radius 2 is 1.35 bits per heavy atom. The Kier molecular flexibility index (Phi) is 14.9. The first-order valence-corrected chi connectivity index (χ1v) is 15.8. The third kappa shape index (κ3) is 10.6. The van der Waals surface area contributed by atoms with Crippen LogP contribution in [0, 0.1) is 5.41 Å².